The second-order valence-corrected chi connectivity index (χ2v) is 8.32. The van der Waals surface area contributed by atoms with E-state index in [0.29, 0.717) is 6.04 Å². The highest BCUT2D eigenvalue weighted by Crippen LogP contribution is 2.22. The average Bonchev–Trinajstić information content (AvgIpc) is 2.92. The number of hydrogen-bond donors (Lipinski definition) is 1. The lowest BCUT2D eigenvalue weighted by molar-refractivity contribution is 0.00700. The van der Waals surface area contributed by atoms with Gasteiger partial charge in [-0.1, -0.05) is 6.92 Å². The van der Waals surface area contributed by atoms with Crippen molar-refractivity contribution in [3.05, 3.63) is 16.1 Å². The van der Waals surface area contributed by atoms with Crippen LogP contribution < -0.4 is 5.32 Å². The normalized spacial score (nSPS) is 22.2. The third-order valence-electron chi connectivity index (χ3n) is 4.06. The molecule has 5 nitrogen and oxygen atoms in total. The van der Waals surface area contributed by atoms with Crippen LogP contribution in [0.3, 0.4) is 0 Å². The van der Waals surface area contributed by atoms with Crippen molar-refractivity contribution in [1.29, 1.82) is 0 Å². The number of nitrogens with one attached hydrogen (secondary N) is 1. The molecule has 1 aliphatic heterocycles. The summed E-state index contributed by atoms with van der Waals surface area (Å²) in [6.07, 6.45) is 4.82. The first-order valence-electron chi connectivity index (χ1n) is 8.46. The van der Waals surface area contributed by atoms with E-state index in [4.69, 9.17) is 4.74 Å². The molecule has 1 amide bonds. The minimum absolute atomic E-state index is 0.136. The van der Waals surface area contributed by atoms with Crippen LogP contribution in [0.15, 0.2) is 6.20 Å². The maximum Gasteiger partial charge on any atom is 0.410 e. The number of rotatable bonds is 4. The quantitative estimate of drug-likeness (QED) is 0.911. The Balaban J connectivity index is 1.91. The number of hydrogen-bond acceptors (Lipinski definition) is 5. The summed E-state index contributed by atoms with van der Waals surface area (Å²) < 4.78 is 5.53. The molecule has 1 saturated heterocycles. The minimum Gasteiger partial charge on any atom is -0.444 e. The van der Waals surface area contributed by atoms with E-state index in [9.17, 15) is 4.79 Å². The number of nitrogens with zero attached hydrogens (tertiary/aromatic N) is 2. The molecule has 1 N–H and O–H groups in total. The Labute approximate surface area is 143 Å². The van der Waals surface area contributed by atoms with E-state index in [-0.39, 0.29) is 12.1 Å². The zero-order valence-corrected chi connectivity index (χ0v) is 15.7. The lowest BCUT2D eigenvalue weighted by atomic mass is 9.98. The highest BCUT2D eigenvalue weighted by molar-refractivity contribution is 7.11. The largest absolute Gasteiger partial charge is 0.444 e. The Kier molecular flexibility index (Phi) is 6.03. The van der Waals surface area contributed by atoms with Gasteiger partial charge in [0, 0.05) is 36.2 Å². The molecular weight excluding hydrogens is 310 g/mol. The van der Waals surface area contributed by atoms with E-state index >= 15 is 0 Å². The van der Waals surface area contributed by atoms with E-state index in [1.807, 2.05) is 31.9 Å². The molecule has 0 radical (unpaired) electrons. The van der Waals surface area contributed by atoms with Crippen LogP contribution in [0.25, 0.3) is 0 Å². The second-order valence-electron chi connectivity index (χ2n) is 7.12. The number of ether oxygens (including phenoxy) is 1. The molecule has 1 aromatic rings. The lowest BCUT2D eigenvalue weighted by Crippen LogP contribution is -2.55. The van der Waals surface area contributed by atoms with Gasteiger partial charge in [-0.3, -0.25) is 0 Å². The van der Waals surface area contributed by atoms with E-state index in [2.05, 4.69) is 24.1 Å². The summed E-state index contributed by atoms with van der Waals surface area (Å²) in [4.78, 5) is 19.9. The van der Waals surface area contributed by atoms with Crippen molar-refractivity contribution in [3.8, 4) is 0 Å². The molecule has 130 valence electrons. The van der Waals surface area contributed by atoms with E-state index < -0.39 is 5.60 Å². The maximum atomic E-state index is 12.4. The molecule has 1 fully saturated rings. The molecule has 2 atom stereocenters. The zero-order valence-electron chi connectivity index (χ0n) is 14.9. The Bertz CT molecular complexity index is 524. The van der Waals surface area contributed by atoms with Gasteiger partial charge in [-0.15, -0.1) is 11.3 Å². The van der Waals surface area contributed by atoms with Gasteiger partial charge in [0.15, 0.2) is 0 Å². The molecule has 0 spiro atoms. The number of likely N-dealkylation sites (tertiary alicyclic amines) is 1. The van der Waals surface area contributed by atoms with Crippen LogP contribution in [0.5, 0.6) is 0 Å². The smallest absolute Gasteiger partial charge is 0.410 e. The van der Waals surface area contributed by atoms with Gasteiger partial charge in [-0.25, -0.2) is 9.78 Å². The number of aryl methyl sites for hydroxylation is 1. The number of amides is 1. The Morgan fingerprint density at radius 2 is 2.26 bits per heavy atom. The SMILES string of the molecule is CCc1ncc(CNC2CCCN(C(=O)OC(C)(C)C)C2C)s1. The topological polar surface area (TPSA) is 54.5 Å². The first-order valence-corrected chi connectivity index (χ1v) is 9.28. The predicted octanol–water partition coefficient (Wildman–Crippen LogP) is 3.58. The third-order valence-corrected chi connectivity index (χ3v) is 5.20. The number of carbonyl (C=O) groups excluding carboxylic acids is 1. The Hall–Kier alpha value is -1.14. The Morgan fingerprint density at radius 1 is 1.52 bits per heavy atom. The van der Waals surface area contributed by atoms with Gasteiger partial charge in [-0.05, 0) is 47.0 Å². The maximum absolute atomic E-state index is 12.4. The van der Waals surface area contributed by atoms with Crippen molar-refractivity contribution in [2.45, 2.75) is 78.1 Å². The number of thiazole rings is 1. The van der Waals surface area contributed by atoms with Crippen LogP contribution in [-0.2, 0) is 17.7 Å². The summed E-state index contributed by atoms with van der Waals surface area (Å²) in [5.74, 6) is 0. The van der Waals surface area contributed by atoms with Crippen molar-refractivity contribution < 1.29 is 9.53 Å². The Morgan fingerprint density at radius 3 is 2.87 bits per heavy atom. The van der Waals surface area contributed by atoms with Crippen molar-refractivity contribution in [3.63, 3.8) is 0 Å². The number of carbonyl (C=O) groups is 1. The van der Waals surface area contributed by atoms with Crippen LogP contribution in [0.1, 0.15) is 57.3 Å². The van der Waals surface area contributed by atoms with Gasteiger partial charge in [0.25, 0.3) is 0 Å². The molecule has 0 aromatic carbocycles. The van der Waals surface area contributed by atoms with Crippen LogP contribution in [0, 0.1) is 0 Å². The lowest BCUT2D eigenvalue weighted by Gasteiger charge is -2.40. The average molecular weight is 340 g/mol. The zero-order chi connectivity index (χ0) is 17.0. The summed E-state index contributed by atoms with van der Waals surface area (Å²) in [6, 6.07) is 0.431. The fourth-order valence-electron chi connectivity index (χ4n) is 2.82. The number of piperidine rings is 1. The van der Waals surface area contributed by atoms with Gasteiger partial charge >= 0.3 is 6.09 Å². The number of aromatic nitrogens is 1. The summed E-state index contributed by atoms with van der Waals surface area (Å²) in [5, 5.41) is 4.77. The molecule has 1 aliphatic rings. The van der Waals surface area contributed by atoms with Crippen molar-refractivity contribution in [2.24, 2.45) is 0 Å². The predicted molar refractivity (Wildman–Crippen MR) is 93.8 cm³/mol. The van der Waals surface area contributed by atoms with E-state index in [0.717, 1.165) is 32.4 Å². The first-order chi connectivity index (χ1) is 10.8. The van der Waals surface area contributed by atoms with Crippen molar-refractivity contribution in [2.75, 3.05) is 6.54 Å². The monoisotopic (exact) mass is 339 g/mol. The second kappa shape index (κ2) is 7.62. The van der Waals surface area contributed by atoms with Crippen molar-refractivity contribution in [1.82, 2.24) is 15.2 Å². The highest BCUT2D eigenvalue weighted by Gasteiger charge is 2.33. The fraction of sp³-hybridized carbons (Fsp3) is 0.765. The van der Waals surface area contributed by atoms with Crippen LogP contribution in [0.4, 0.5) is 4.79 Å². The molecular formula is C17H29N3O2S. The van der Waals surface area contributed by atoms with Crippen LogP contribution >= 0.6 is 11.3 Å². The van der Waals surface area contributed by atoms with Gasteiger partial charge in [0.05, 0.1) is 5.01 Å². The fourth-order valence-corrected chi connectivity index (χ4v) is 3.63. The molecule has 0 aliphatic carbocycles. The minimum atomic E-state index is -0.448. The molecule has 1 aromatic heterocycles. The molecule has 2 unspecified atom stereocenters. The standard InChI is InChI=1S/C17H29N3O2S/c1-6-15-19-11-13(23-15)10-18-14-8-7-9-20(12(14)2)16(21)22-17(3,4)5/h11-12,14,18H,6-10H2,1-5H3. The van der Waals surface area contributed by atoms with E-state index in [1.54, 1.807) is 11.3 Å². The van der Waals surface area contributed by atoms with E-state index in [1.165, 1.54) is 9.88 Å². The molecule has 6 heteroatoms. The summed E-state index contributed by atoms with van der Waals surface area (Å²) >= 11 is 1.76. The summed E-state index contributed by atoms with van der Waals surface area (Å²) in [6.45, 7) is 11.5. The first kappa shape index (κ1) is 18.2. The molecule has 2 heterocycles. The molecule has 2 rings (SSSR count). The molecule has 23 heavy (non-hydrogen) atoms. The third kappa shape index (κ3) is 5.18. The van der Waals surface area contributed by atoms with Gasteiger partial charge in [0.2, 0.25) is 0 Å². The molecule has 0 saturated carbocycles. The van der Waals surface area contributed by atoms with Crippen molar-refractivity contribution >= 4 is 17.4 Å². The molecule has 0 bridgehead atoms. The van der Waals surface area contributed by atoms with Crippen LogP contribution in [-0.4, -0.2) is 40.2 Å². The van der Waals surface area contributed by atoms with Crippen LogP contribution in [0.2, 0.25) is 0 Å². The van der Waals surface area contributed by atoms with Gasteiger partial charge in [-0.2, -0.15) is 0 Å². The van der Waals surface area contributed by atoms with Gasteiger partial charge < -0.3 is 15.0 Å². The summed E-state index contributed by atoms with van der Waals surface area (Å²) in [7, 11) is 0. The van der Waals surface area contributed by atoms with Gasteiger partial charge in [0.1, 0.15) is 5.60 Å². The highest BCUT2D eigenvalue weighted by atomic mass is 32.1. The summed E-state index contributed by atoms with van der Waals surface area (Å²) in [5.41, 5.74) is -0.448.